The van der Waals surface area contributed by atoms with Gasteiger partial charge in [-0.15, -0.1) is 11.3 Å². The van der Waals surface area contributed by atoms with Gasteiger partial charge in [-0.05, 0) is 54.9 Å². The molecule has 2 aliphatic carbocycles. The van der Waals surface area contributed by atoms with Gasteiger partial charge >= 0.3 is 0 Å². The van der Waals surface area contributed by atoms with Crippen LogP contribution in [0.4, 0.5) is 5.13 Å². The predicted octanol–water partition coefficient (Wildman–Crippen LogP) is 5.43. The van der Waals surface area contributed by atoms with Gasteiger partial charge in [0.25, 0.3) is 0 Å². The highest BCUT2D eigenvalue weighted by Gasteiger charge is 2.59. The van der Waals surface area contributed by atoms with Gasteiger partial charge < -0.3 is 4.74 Å². The Bertz CT molecular complexity index is 809. The van der Waals surface area contributed by atoms with Crippen molar-refractivity contribution < 1.29 is 4.74 Å². The first-order valence-corrected chi connectivity index (χ1v) is 9.75. The molecule has 2 bridgehead atoms. The van der Waals surface area contributed by atoms with E-state index in [1.807, 2.05) is 24.3 Å². The van der Waals surface area contributed by atoms with E-state index in [-0.39, 0.29) is 5.41 Å². The SMILES string of the molecule is COc1ccc(-c2csc(N/N=C3/C[C@@H]4CC[C@@]3(C)C4(C)C)n2)cc1. The second kappa shape index (κ2) is 5.84. The van der Waals surface area contributed by atoms with Crippen LogP contribution >= 0.6 is 11.3 Å². The van der Waals surface area contributed by atoms with E-state index in [1.165, 1.54) is 18.6 Å². The number of nitrogens with zero attached hydrogens (tertiary/aromatic N) is 2. The number of aromatic nitrogens is 1. The molecular weight excluding hydrogens is 330 g/mol. The highest BCUT2D eigenvalue weighted by Crippen LogP contribution is 2.63. The van der Waals surface area contributed by atoms with Crippen LogP contribution in [0.1, 0.15) is 40.0 Å². The lowest BCUT2D eigenvalue weighted by Crippen LogP contribution is -2.32. The van der Waals surface area contributed by atoms with E-state index in [2.05, 4.69) is 36.6 Å². The van der Waals surface area contributed by atoms with Crippen LogP contribution in [0.2, 0.25) is 0 Å². The maximum atomic E-state index is 5.21. The van der Waals surface area contributed by atoms with Crippen molar-refractivity contribution in [2.75, 3.05) is 12.5 Å². The van der Waals surface area contributed by atoms with E-state index in [4.69, 9.17) is 9.84 Å². The molecule has 0 unspecified atom stereocenters. The second-order valence-corrected chi connectivity index (χ2v) is 8.79. The minimum atomic E-state index is 0.223. The number of thiazole rings is 1. The summed E-state index contributed by atoms with van der Waals surface area (Å²) in [7, 11) is 1.68. The monoisotopic (exact) mass is 355 g/mol. The number of rotatable bonds is 4. The van der Waals surface area contributed by atoms with Crippen LogP contribution in [0, 0.1) is 16.7 Å². The molecule has 0 radical (unpaired) electrons. The van der Waals surface area contributed by atoms with Gasteiger partial charge in [-0.25, -0.2) is 4.98 Å². The minimum absolute atomic E-state index is 0.223. The van der Waals surface area contributed by atoms with Gasteiger partial charge in [0.15, 0.2) is 0 Å². The summed E-state index contributed by atoms with van der Waals surface area (Å²) < 4.78 is 5.21. The summed E-state index contributed by atoms with van der Waals surface area (Å²) in [5.74, 6) is 1.63. The Labute approximate surface area is 153 Å². The molecule has 1 aromatic heterocycles. The van der Waals surface area contributed by atoms with Gasteiger partial charge in [0.2, 0.25) is 5.13 Å². The number of hydrogen-bond donors (Lipinski definition) is 1. The maximum absolute atomic E-state index is 5.21. The summed E-state index contributed by atoms with van der Waals surface area (Å²) in [4.78, 5) is 4.68. The standard InChI is InChI=1S/C20H25N3OS/c1-19(2)14-9-10-20(19,3)17(11-14)22-23-18-21-16(12-25-18)13-5-7-15(24-4)8-6-13/h5-8,12,14H,9-11H2,1-4H3,(H,21,23)/b22-17-/t14-,20+/m0/s1. The largest absolute Gasteiger partial charge is 0.497 e. The van der Waals surface area contributed by atoms with Crippen LogP contribution < -0.4 is 10.2 Å². The third-order valence-electron chi connectivity index (χ3n) is 6.69. The van der Waals surface area contributed by atoms with Crippen molar-refractivity contribution in [3.05, 3.63) is 29.6 Å². The zero-order valence-electron chi connectivity index (χ0n) is 15.3. The first-order valence-electron chi connectivity index (χ1n) is 8.87. The molecule has 2 fully saturated rings. The number of nitrogens with one attached hydrogen (secondary N) is 1. The van der Waals surface area contributed by atoms with Crippen LogP contribution in [0.5, 0.6) is 5.75 Å². The van der Waals surface area contributed by atoms with Crippen molar-refractivity contribution in [2.24, 2.45) is 21.8 Å². The Morgan fingerprint density at radius 2 is 2.00 bits per heavy atom. The van der Waals surface area contributed by atoms with Crippen LogP contribution in [0.15, 0.2) is 34.7 Å². The van der Waals surface area contributed by atoms with Crippen molar-refractivity contribution in [2.45, 2.75) is 40.0 Å². The Morgan fingerprint density at radius 1 is 1.24 bits per heavy atom. The van der Waals surface area contributed by atoms with E-state index in [0.29, 0.717) is 5.41 Å². The minimum Gasteiger partial charge on any atom is -0.497 e. The fourth-order valence-electron chi connectivity index (χ4n) is 4.43. The average molecular weight is 356 g/mol. The lowest BCUT2D eigenvalue weighted by Gasteiger charge is -2.34. The number of methoxy groups -OCH3 is 1. The van der Waals surface area contributed by atoms with Crippen molar-refractivity contribution in [3.8, 4) is 17.0 Å². The molecule has 2 atom stereocenters. The van der Waals surface area contributed by atoms with Crippen molar-refractivity contribution >= 4 is 22.2 Å². The van der Waals surface area contributed by atoms with Crippen LogP contribution in [-0.2, 0) is 0 Å². The van der Waals surface area contributed by atoms with E-state index in [1.54, 1.807) is 18.4 Å². The third kappa shape index (κ3) is 2.56. The smallest absolute Gasteiger partial charge is 0.203 e. The first-order chi connectivity index (χ1) is 11.9. The first kappa shape index (κ1) is 16.6. The quantitative estimate of drug-likeness (QED) is 0.744. The summed E-state index contributed by atoms with van der Waals surface area (Å²) in [5.41, 5.74) is 7.16. The molecule has 0 amide bonds. The molecule has 2 aliphatic rings. The summed E-state index contributed by atoms with van der Waals surface area (Å²) in [6, 6.07) is 7.98. The zero-order chi connectivity index (χ0) is 17.7. The fraction of sp³-hybridized carbons (Fsp3) is 0.500. The highest BCUT2D eigenvalue weighted by molar-refractivity contribution is 7.14. The maximum Gasteiger partial charge on any atom is 0.203 e. The second-order valence-electron chi connectivity index (χ2n) is 7.93. The van der Waals surface area contributed by atoms with Gasteiger partial charge in [-0.3, -0.25) is 5.43 Å². The Morgan fingerprint density at radius 3 is 2.60 bits per heavy atom. The number of anilines is 1. The van der Waals surface area contributed by atoms with Crippen LogP contribution in [0.25, 0.3) is 11.3 Å². The molecule has 1 N–H and O–H groups in total. The Balaban J connectivity index is 1.50. The molecule has 5 heteroatoms. The molecule has 0 saturated heterocycles. The molecule has 132 valence electrons. The predicted molar refractivity (Wildman–Crippen MR) is 104 cm³/mol. The zero-order valence-corrected chi connectivity index (χ0v) is 16.1. The summed E-state index contributed by atoms with van der Waals surface area (Å²) in [5, 5.41) is 7.69. The van der Waals surface area contributed by atoms with Gasteiger partial charge in [0.1, 0.15) is 5.75 Å². The van der Waals surface area contributed by atoms with Crippen LogP contribution in [0.3, 0.4) is 0 Å². The third-order valence-corrected chi connectivity index (χ3v) is 7.44. The molecule has 2 saturated carbocycles. The summed E-state index contributed by atoms with van der Waals surface area (Å²) in [6.45, 7) is 7.18. The number of hydrazone groups is 1. The number of hydrogen-bond acceptors (Lipinski definition) is 5. The van der Waals surface area contributed by atoms with Crippen LogP contribution in [-0.4, -0.2) is 17.8 Å². The number of ether oxygens (including phenoxy) is 1. The van der Waals surface area contributed by atoms with E-state index >= 15 is 0 Å². The molecule has 0 spiro atoms. The summed E-state index contributed by atoms with van der Waals surface area (Å²) in [6.07, 6.45) is 3.70. The lowest BCUT2D eigenvalue weighted by molar-refractivity contribution is 0.194. The topological polar surface area (TPSA) is 46.5 Å². The fourth-order valence-corrected chi connectivity index (χ4v) is 5.09. The van der Waals surface area contributed by atoms with Crippen molar-refractivity contribution in [3.63, 3.8) is 0 Å². The Kier molecular flexibility index (Phi) is 3.87. The molecule has 0 aliphatic heterocycles. The Hall–Kier alpha value is -1.88. The van der Waals surface area contributed by atoms with Gasteiger partial charge in [0.05, 0.1) is 12.8 Å². The average Bonchev–Trinajstić information content (AvgIpc) is 3.22. The number of fused-ring (bicyclic) bond motifs is 2. The molecule has 4 nitrogen and oxygen atoms in total. The summed E-state index contributed by atoms with van der Waals surface area (Å²) >= 11 is 1.60. The molecule has 1 aromatic carbocycles. The van der Waals surface area contributed by atoms with E-state index in [0.717, 1.165) is 34.5 Å². The number of benzene rings is 1. The van der Waals surface area contributed by atoms with Crippen molar-refractivity contribution in [1.82, 2.24) is 4.98 Å². The molecule has 4 rings (SSSR count). The molecule has 2 aromatic rings. The lowest BCUT2D eigenvalue weighted by atomic mass is 9.70. The van der Waals surface area contributed by atoms with E-state index < -0.39 is 0 Å². The van der Waals surface area contributed by atoms with Gasteiger partial charge in [0, 0.05) is 22.1 Å². The van der Waals surface area contributed by atoms with E-state index in [9.17, 15) is 0 Å². The van der Waals surface area contributed by atoms with Gasteiger partial charge in [-0.2, -0.15) is 5.10 Å². The normalized spacial score (nSPS) is 28.5. The van der Waals surface area contributed by atoms with Gasteiger partial charge in [-0.1, -0.05) is 20.8 Å². The molecule has 25 heavy (non-hydrogen) atoms. The highest BCUT2D eigenvalue weighted by atomic mass is 32.1. The van der Waals surface area contributed by atoms with Crippen molar-refractivity contribution in [1.29, 1.82) is 0 Å². The molecule has 1 heterocycles. The molecular formula is C20H25N3OS.